The number of rotatable bonds is 5. The van der Waals surface area contributed by atoms with Crippen molar-refractivity contribution in [2.24, 2.45) is 0 Å². The molecule has 0 amide bonds. The maximum atomic E-state index is 14.9. The number of nitrogens with zero attached hydrogens (tertiary/aromatic N) is 6. The van der Waals surface area contributed by atoms with E-state index in [1.165, 1.54) is 12.1 Å². The molecule has 0 unspecified atom stereocenters. The van der Waals surface area contributed by atoms with Gasteiger partial charge in [-0.1, -0.05) is 43.2 Å². The number of anilines is 1. The van der Waals surface area contributed by atoms with Gasteiger partial charge in [0.2, 0.25) is 0 Å². The molecule has 2 aliphatic rings. The molecule has 1 saturated carbocycles. The summed E-state index contributed by atoms with van der Waals surface area (Å²) in [6.07, 6.45) is 4.41. The minimum absolute atomic E-state index is 0.216. The molecule has 31 heavy (non-hydrogen) atoms. The van der Waals surface area contributed by atoms with Gasteiger partial charge in [-0.2, -0.15) is 0 Å². The summed E-state index contributed by atoms with van der Waals surface area (Å²) >= 11 is 0. The second kappa shape index (κ2) is 8.70. The summed E-state index contributed by atoms with van der Waals surface area (Å²) in [6, 6.07) is 13.6. The molecule has 2 aromatic carbocycles. The molecular formula is C23H26F2N6. The Morgan fingerprint density at radius 2 is 1.52 bits per heavy atom. The number of aromatic nitrogens is 4. The first kappa shape index (κ1) is 20.1. The average molecular weight is 424 g/mol. The minimum atomic E-state index is -0.375. The van der Waals surface area contributed by atoms with Gasteiger partial charge in [0.1, 0.15) is 17.7 Å². The smallest absolute Gasteiger partial charge is 0.173 e. The third-order valence-electron chi connectivity index (χ3n) is 6.51. The lowest BCUT2D eigenvalue weighted by Crippen LogP contribution is -2.48. The molecule has 1 aliphatic carbocycles. The molecule has 3 aromatic rings. The molecule has 2 fully saturated rings. The summed E-state index contributed by atoms with van der Waals surface area (Å²) < 4.78 is 31.1. The second-order valence-electron chi connectivity index (χ2n) is 8.32. The third kappa shape index (κ3) is 3.92. The van der Waals surface area contributed by atoms with Crippen LogP contribution in [0, 0.1) is 11.6 Å². The van der Waals surface area contributed by atoms with Crippen molar-refractivity contribution in [3.8, 4) is 0 Å². The van der Waals surface area contributed by atoms with E-state index in [2.05, 4.69) is 20.4 Å². The molecule has 8 heteroatoms. The van der Waals surface area contributed by atoms with Crippen molar-refractivity contribution in [3.05, 3.63) is 71.6 Å². The van der Waals surface area contributed by atoms with Crippen LogP contribution in [-0.2, 0) is 0 Å². The second-order valence-corrected chi connectivity index (χ2v) is 8.32. The lowest BCUT2D eigenvalue weighted by atomic mass is 10.0. The van der Waals surface area contributed by atoms with Gasteiger partial charge in [-0.3, -0.25) is 4.90 Å². The summed E-state index contributed by atoms with van der Waals surface area (Å²) in [7, 11) is 0. The fourth-order valence-electron chi connectivity index (χ4n) is 4.91. The van der Waals surface area contributed by atoms with E-state index in [1.807, 2.05) is 27.8 Å². The molecule has 6 nitrogen and oxygen atoms in total. The van der Waals surface area contributed by atoms with Crippen LogP contribution >= 0.6 is 0 Å². The molecule has 162 valence electrons. The standard InChI is InChI=1S/C23H26F2N6/c24-19-10-4-3-9-18(19)22(23-26-27-28-31(23)17-7-1-2-8-17)30-15-13-29(14-16-30)21-12-6-5-11-20(21)25/h3-6,9-12,17,22H,1-2,7-8,13-16H2/t22-/m0/s1. The van der Waals surface area contributed by atoms with Gasteiger partial charge in [0.05, 0.1) is 11.7 Å². The number of tetrazole rings is 1. The number of hydrogen-bond donors (Lipinski definition) is 0. The van der Waals surface area contributed by atoms with Gasteiger partial charge >= 0.3 is 0 Å². The van der Waals surface area contributed by atoms with Crippen LogP contribution in [0.25, 0.3) is 0 Å². The van der Waals surface area contributed by atoms with E-state index in [0.717, 1.165) is 25.7 Å². The molecule has 1 atom stereocenters. The predicted molar refractivity (Wildman–Crippen MR) is 114 cm³/mol. The Morgan fingerprint density at radius 3 is 2.23 bits per heavy atom. The lowest BCUT2D eigenvalue weighted by Gasteiger charge is -2.40. The van der Waals surface area contributed by atoms with Gasteiger partial charge in [-0.25, -0.2) is 13.5 Å². The Labute approximate surface area is 180 Å². The summed E-state index contributed by atoms with van der Waals surface area (Å²) in [6.45, 7) is 2.61. The zero-order valence-electron chi connectivity index (χ0n) is 17.4. The first-order valence-corrected chi connectivity index (χ1v) is 11.0. The van der Waals surface area contributed by atoms with Gasteiger partial charge in [-0.05, 0) is 41.5 Å². The van der Waals surface area contributed by atoms with E-state index >= 15 is 0 Å². The number of benzene rings is 2. The molecular weight excluding hydrogens is 398 g/mol. The van der Waals surface area contributed by atoms with Crippen LogP contribution in [0.1, 0.15) is 49.2 Å². The highest BCUT2D eigenvalue weighted by Gasteiger charge is 2.34. The van der Waals surface area contributed by atoms with Crippen molar-refractivity contribution in [1.82, 2.24) is 25.1 Å². The van der Waals surface area contributed by atoms with Crippen LogP contribution in [0.15, 0.2) is 48.5 Å². The van der Waals surface area contributed by atoms with E-state index < -0.39 is 0 Å². The largest absolute Gasteiger partial charge is 0.367 e. The van der Waals surface area contributed by atoms with Crippen molar-refractivity contribution < 1.29 is 8.78 Å². The molecule has 0 N–H and O–H groups in total. The zero-order valence-corrected chi connectivity index (χ0v) is 17.4. The molecule has 2 heterocycles. The average Bonchev–Trinajstić information content (AvgIpc) is 3.48. The first-order chi connectivity index (χ1) is 15.2. The molecule has 0 radical (unpaired) electrons. The Hall–Kier alpha value is -2.87. The minimum Gasteiger partial charge on any atom is -0.367 e. The van der Waals surface area contributed by atoms with E-state index in [9.17, 15) is 8.78 Å². The summed E-state index contributed by atoms with van der Waals surface area (Å²) in [5, 5.41) is 12.6. The topological polar surface area (TPSA) is 50.1 Å². The van der Waals surface area contributed by atoms with Gasteiger partial charge in [-0.15, -0.1) is 5.10 Å². The van der Waals surface area contributed by atoms with Crippen LogP contribution in [0.5, 0.6) is 0 Å². The summed E-state index contributed by atoms with van der Waals surface area (Å²) in [5.74, 6) is 0.216. The van der Waals surface area contributed by atoms with Crippen molar-refractivity contribution in [2.45, 2.75) is 37.8 Å². The van der Waals surface area contributed by atoms with Gasteiger partial charge < -0.3 is 4.90 Å². The fourth-order valence-corrected chi connectivity index (χ4v) is 4.91. The van der Waals surface area contributed by atoms with Crippen LogP contribution in [-0.4, -0.2) is 51.3 Å². The molecule has 5 rings (SSSR count). The quantitative estimate of drug-likeness (QED) is 0.620. The van der Waals surface area contributed by atoms with Gasteiger partial charge in [0, 0.05) is 31.7 Å². The molecule has 0 spiro atoms. The van der Waals surface area contributed by atoms with Crippen LogP contribution in [0.4, 0.5) is 14.5 Å². The lowest BCUT2D eigenvalue weighted by molar-refractivity contribution is 0.194. The van der Waals surface area contributed by atoms with E-state index in [0.29, 0.717) is 43.3 Å². The van der Waals surface area contributed by atoms with Crippen LogP contribution in [0.2, 0.25) is 0 Å². The highest BCUT2D eigenvalue weighted by atomic mass is 19.1. The molecule has 1 aliphatic heterocycles. The highest BCUT2D eigenvalue weighted by Crippen LogP contribution is 2.35. The number of piperazine rings is 1. The third-order valence-corrected chi connectivity index (χ3v) is 6.51. The SMILES string of the molecule is Fc1ccccc1[C@@H](c1nnnn1C1CCCC1)N1CCN(c2ccccc2F)CC1. The predicted octanol–water partition coefficient (Wildman–Crippen LogP) is 3.98. The van der Waals surface area contributed by atoms with E-state index in [4.69, 9.17) is 0 Å². The molecule has 1 aromatic heterocycles. The van der Waals surface area contributed by atoms with Crippen molar-refractivity contribution in [2.75, 3.05) is 31.1 Å². The summed E-state index contributed by atoms with van der Waals surface area (Å²) in [5.41, 5.74) is 1.19. The van der Waals surface area contributed by atoms with Gasteiger partial charge in [0.25, 0.3) is 0 Å². The summed E-state index contributed by atoms with van der Waals surface area (Å²) in [4.78, 5) is 4.26. The maximum absolute atomic E-state index is 14.9. The Balaban J connectivity index is 1.45. The van der Waals surface area contributed by atoms with E-state index in [-0.39, 0.29) is 23.7 Å². The van der Waals surface area contributed by atoms with Crippen molar-refractivity contribution >= 4 is 5.69 Å². The van der Waals surface area contributed by atoms with Crippen LogP contribution < -0.4 is 4.90 Å². The molecule has 1 saturated heterocycles. The van der Waals surface area contributed by atoms with Gasteiger partial charge in [0.15, 0.2) is 5.82 Å². The van der Waals surface area contributed by atoms with Crippen molar-refractivity contribution in [1.29, 1.82) is 0 Å². The molecule has 0 bridgehead atoms. The Morgan fingerprint density at radius 1 is 0.839 bits per heavy atom. The number of halogens is 2. The van der Waals surface area contributed by atoms with E-state index in [1.54, 1.807) is 18.2 Å². The fraction of sp³-hybridized carbons (Fsp3) is 0.435. The maximum Gasteiger partial charge on any atom is 0.173 e. The highest BCUT2D eigenvalue weighted by molar-refractivity contribution is 5.48. The zero-order chi connectivity index (χ0) is 21.2. The van der Waals surface area contributed by atoms with Crippen LogP contribution in [0.3, 0.4) is 0 Å². The van der Waals surface area contributed by atoms with Crippen molar-refractivity contribution in [3.63, 3.8) is 0 Å². The first-order valence-electron chi connectivity index (χ1n) is 11.0. The number of para-hydroxylation sites is 1. The Bertz CT molecular complexity index is 1020. The monoisotopic (exact) mass is 424 g/mol. The normalized spacial score (nSPS) is 19.1. The Kier molecular flexibility index (Phi) is 5.63. The number of hydrogen-bond acceptors (Lipinski definition) is 5.